The largest absolute Gasteiger partial charge is 0.462 e. The van der Waals surface area contributed by atoms with Crippen molar-refractivity contribution in [2.75, 3.05) is 26.3 Å². The fourth-order valence-electron chi connectivity index (χ4n) is 8.61. The Balaban J connectivity index is 1.01. The molecule has 8 N–H and O–H groups in total. The number of nitrogens with zero attached hydrogens (tertiary/aromatic N) is 4. The SMILES string of the molecule is CCCCCCCC1CC2CCC3C(C(=O)OCCCCCCCC4N=C(N)N5CCCC5=C4C(=O)OCCCCN=C(N)N)=C(C)NC(=N1)[NH+]23. The van der Waals surface area contributed by atoms with Gasteiger partial charge in [0.25, 0.3) is 0 Å². The molecule has 0 spiro atoms. The first-order valence-corrected chi connectivity index (χ1v) is 19.9. The molecule has 5 atom stereocenters. The van der Waals surface area contributed by atoms with Gasteiger partial charge in [0.15, 0.2) is 11.9 Å². The maximum absolute atomic E-state index is 13.3. The molecule has 0 aliphatic carbocycles. The monoisotopic (exact) mass is 711 g/mol. The predicted octanol–water partition coefficient (Wildman–Crippen LogP) is 3.30. The van der Waals surface area contributed by atoms with Crippen molar-refractivity contribution in [1.29, 1.82) is 0 Å². The number of fused-ring (bicyclic) bond motifs is 1. The van der Waals surface area contributed by atoms with Crippen LogP contribution in [0.15, 0.2) is 37.5 Å². The number of hydrogen-bond donors (Lipinski definition) is 5. The molecule has 5 aliphatic heterocycles. The van der Waals surface area contributed by atoms with Gasteiger partial charge in [-0.1, -0.05) is 64.7 Å². The lowest BCUT2D eigenvalue weighted by molar-refractivity contribution is -0.846. The molecular weight excluding hydrogens is 646 g/mol. The third-order valence-electron chi connectivity index (χ3n) is 11.2. The Morgan fingerprint density at radius 2 is 1.59 bits per heavy atom. The minimum atomic E-state index is -0.295. The Hall–Kier alpha value is -3.61. The van der Waals surface area contributed by atoms with Crippen molar-refractivity contribution >= 4 is 29.8 Å². The Kier molecular flexibility index (Phi) is 14.6. The number of ether oxygens (including phenoxy) is 2. The molecule has 13 heteroatoms. The molecule has 13 nitrogen and oxygen atoms in total. The van der Waals surface area contributed by atoms with Gasteiger partial charge in [-0.15, -0.1) is 0 Å². The smallest absolute Gasteiger partial charge is 0.341 e. The molecule has 0 aromatic carbocycles. The summed E-state index contributed by atoms with van der Waals surface area (Å²) in [6.45, 7) is 6.29. The van der Waals surface area contributed by atoms with E-state index in [-0.39, 0.29) is 30.0 Å². The quantitative estimate of drug-likeness (QED) is 0.0516. The van der Waals surface area contributed by atoms with Crippen LogP contribution in [0.4, 0.5) is 0 Å². The van der Waals surface area contributed by atoms with Gasteiger partial charge in [-0.3, -0.25) is 15.2 Å². The first-order valence-electron chi connectivity index (χ1n) is 19.9. The highest BCUT2D eigenvalue weighted by Gasteiger charge is 2.51. The highest BCUT2D eigenvalue weighted by molar-refractivity contribution is 5.95. The molecule has 5 rings (SSSR count). The molecule has 284 valence electrons. The normalized spacial score (nSPS) is 25.1. The summed E-state index contributed by atoms with van der Waals surface area (Å²) in [5.74, 6) is 1.14. The molecular formula is C38H64N9O4+. The lowest BCUT2D eigenvalue weighted by atomic mass is 9.96. The van der Waals surface area contributed by atoms with Gasteiger partial charge < -0.3 is 31.6 Å². The van der Waals surface area contributed by atoms with Gasteiger partial charge in [0.05, 0.1) is 36.9 Å². The predicted molar refractivity (Wildman–Crippen MR) is 201 cm³/mol. The molecule has 0 saturated carbocycles. The third kappa shape index (κ3) is 10.3. The van der Waals surface area contributed by atoms with Crippen LogP contribution in [0, 0.1) is 0 Å². The highest BCUT2D eigenvalue weighted by Crippen LogP contribution is 2.33. The third-order valence-corrected chi connectivity index (χ3v) is 11.2. The molecule has 0 aromatic rings. The average Bonchev–Trinajstić information content (AvgIpc) is 3.76. The summed E-state index contributed by atoms with van der Waals surface area (Å²) in [6.07, 6.45) is 19.6. The summed E-state index contributed by atoms with van der Waals surface area (Å²) in [7, 11) is 0. The van der Waals surface area contributed by atoms with E-state index in [4.69, 9.17) is 36.7 Å². The summed E-state index contributed by atoms with van der Waals surface area (Å²) < 4.78 is 11.5. The summed E-state index contributed by atoms with van der Waals surface area (Å²) >= 11 is 0. The maximum atomic E-state index is 13.3. The minimum absolute atomic E-state index is 0.0695. The number of allylic oxidation sites excluding steroid dienone is 2. The lowest BCUT2D eigenvalue weighted by Gasteiger charge is -2.37. The van der Waals surface area contributed by atoms with E-state index in [1.807, 2.05) is 11.8 Å². The summed E-state index contributed by atoms with van der Waals surface area (Å²) in [5, 5.41) is 3.52. The second-order valence-corrected chi connectivity index (χ2v) is 15.0. The van der Waals surface area contributed by atoms with Crippen LogP contribution >= 0.6 is 0 Å². The summed E-state index contributed by atoms with van der Waals surface area (Å²) in [6, 6.07) is 0.794. The van der Waals surface area contributed by atoms with E-state index in [0.717, 1.165) is 107 Å². The van der Waals surface area contributed by atoms with Gasteiger partial charge in [-0.25, -0.2) is 19.6 Å². The van der Waals surface area contributed by atoms with Crippen molar-refractivity contribution in [2.24, 2.45) is 32.2 Å². The fourth-order valence-corrected chi connectivity index (χ4v) is 8.61. The van der Waals surface area contributed by atoms with Gasteiger partial charge in [0.1, 0.15) is 11.6 Å². The molecule has 2 fully saturated rings. The number of quaternary nitrogens is 1. The van der Waals surface area contributed by atoms with Crippen LogP contribution in [0.5, 0.6) is 0 Å². The molecule has 5 aliphatic rings. The van der Waals surface area contributed by atoms with Gasteiger partial charge in [0.2, 0.25) is 0 Å². The molecule has 51 heavy (non-hydrogen) atoms. The van der Waals surface area contributed by atoms with E-state index in [9.17, 15) is 9.59 Å². The lowest BCUT2D eigenvalue weighted by Crippen LogP contribution is -3.22. The minimum Gasteiger partial charge on any atom is -0.462 e. The average molecular weight is 711 g/mol. The maximum Gasteiger partial charge on any atom is 0.341 e. The van der Waals surface area contributed by atoms with Crippen LogP contribution in [0.3, 0.4) is 0 Å². The van der Waals surface area contributed by atoms with Crippen molar-refractivity contribution in [2.45, 2.75) is 160 Å². The molecule has 0 radical (unpaired) electrons. The first-order chi connectivity index (χ1) is 24.8. The number of esters is 2. The van der Waals surface area contributed by atoms with Gasteiger partial charge in [-0.05, 0) is 51.9 Å². The van der Waals surface area contributed by atoms with Crippen LogP contribution in [0.25, 0.3) is 0 Å². The molecule has 0 amide bonds. The number of guanidine groups is 3. The Bertz CT molecular complexity index is 1370. The molecule has 2 saturated heterocycles. The van der Waals surface area contributed by atoms with Gasteiger partial charge >= 0.3 is 17.9 Å². The first kappa shape index (κ1) is 38.6. The zero-order valence-corrected chi connectivity index (χ0v) is 31.2. The van der Waals surface area contributed by atoms with Crippen molar-refractivity contribution in [3.8, 4) is 0 Å². The van der Waals surface area contributed by atoms with E-state index in [1.165, 1.54) is 43.4 Å². The zero-order valence-electron chi connectivity index (χ0n) is 31.2. The molecule has 0 aromatic heterocycles. The number of carbonyl (C=O) groups is 2. The van der Waals surface area contributed by atoms with Crippen LogP contribution in [-0.4, -0.2) is 85.2 Å². The molecule has 0 bridgehead atoms. The summed E-state index contributed by atoms with van der Waals surface area (Å²) in [4.78, 5) is 43.7. The topological polar surface area (TPSA) is 187 Å². The number of aliphatic imine (C=N–C) groups is 3. The van der Waals surface area contributed by atoms with Crippen molar-refractivity contribution in [3.05, 3.63) is 22.5 Å². The number of nitrogens with one attached hydrogen (secondary N) is 2. The van der Waals surface area contributed by atoms with Gasteiger partial charge in [-0.2, -0.15) is 0 Å². The number of hydrogen-bond acceptors (Lipinski definition) is 10. The van der Waals surface area contributed by atoms with Crippen molar-refractivity contribution in [3.63, 3.8) is 0 Å². The number of rotatable bonds is 21. The second kappa shape index (κ2) is 19.3. The van der Waals surface area contributed by atoms with Crippen LogP contribution in [0.2, 0.25) is 0 Å². The Labute approximate surface area is 304 Å². The van der Waals surface area contributed by atoms with E-state index in [0.29, 0.717) is 49.8 Å². The standard InChI is InChI=1S/C38H63N9O4/c1-3-4-5-7-10-16-27-25-28-19-20-31-32(26(2)43-38(44-27)47(28)31)34(48)50-23-13-9-6-8-11-17-29-33(30-18-15-22-46(30)37(41)45-29)35(49)51-24-14-12-21-42-36(39)40/h27-29,31H,3-25H2,1-2H3,(H2,41,45)(H,43,44)(H4,39,40,42)/p+1. The fraction of sp³-hybridized carbons (Fsp3) is 0.763. The Morgan fingerprint density at radius 3 is 2.35 bits per heavy atom. The molecule has 5 unspecified atom stereocenters. The van der Waals surface area contributed by atoms with Crippen molar-refractivity contribution in [1.82, 2.24) is 10.2 Å². The van der Waals surface area contributed by atoms with E-state index >= 15 is 0 Å². The summed E-state index contributed by atoms with van der Waals surface area (Å²) in [5.41, 5.74) is 20.4. The van der Waals surface area contributed by atoms with Crippen LogP contribution in [-0.2, 0) is 19.1 Å². The number of carbonyl (C=O) groups excluding carboxylic acids is 2. The van der Waals surface area contributed by atoms with E-state index < -0.39 is 0 Å². The molecule has 5 heterocycles. The second-order valence-electron chi connectivity index (χ2n) is 15.0. The highest BCUT2D eigenvalue weighted by atomic mass is 16.5. The van der Waals surface area contributed by atoms with Gasteiger partial charge in [0, 0.05) is 43.7 Å². The number of unbranched alkanes of at least 4 members (excludes halogenated alkanes) is 9. The van der Waals surface area contributed by atoms with E-state index in [2.05, 4.69) is 17.2 Å². The van der Waals surface area contributed by atoms with Crippen LogP contribution < -0.4 is 27.4 Å². The van der Waals surface area contributed by atoms with E-state index in [1.54, 1.807) is 0 Å². The van der Waals surface area contributed by atoms with Crippen molar-refractivity contribution < 1.29 is 24.0 Å². The Morgan fingerprint density at radius 1 is 0.902 bits per heavy atom. The number of nitrogens with two attached hydrogens (primary N) is 3. The van der Waals surface area contributed by atoms with Crippen LogP contribution in [0.1, 0.15) is 136 Å². The zero-order chi connectivity index (χ0) is 36.2.